The van der Waals surface area contributed by atoms with Gasteiger partial charge < -0.3 is 10.0 Å². The Morgan fingerprint density at radius 2 is 1.92 bits per heavy atom. The maximum Gasteiger partial charge on any atom is 0.273 e. The summed E-state index contributed by atoms with van der Waals surface area (Å²) in [6, 6.07) is 7.90. The number of piperazine rings is 1. The minimum Gasteiger partial charge on any atom is -0.395 e. The molecule has 0 radical (unpaired) electrons. The number of β-amino-alcohol motifs (C(OH)–C–C–N with tert-alkyl or cyclic N) is 1. The molecule has 0 bridgehead atoms. The molecule has 1 aromatic carbocycles. The van der Waals surface area contributed by atoms with Gasteiger partial charge in [-0.05, 0) is 26.0 Å². The molecule has 134 valence electrons. The molecule has 1 aromatic heterocycles. The fourth-order valence-electron chi connectivity index (χ4n) is 3.34. The molecular weight excluding hydrogens is 358 g/mol. The number of aromatic nitrogens is 1. The molecule has 0 unspecified atom stereocenters. The molecule has 2 atom stereocenters. The largest absolute Gasteiger partial charge is 0.395 e. The van der Waals surface area contributed by atoms with E-state index in [-0.39, 0.29) is 24.6 Å². The van der Waals surface area contributed by atoms with Crippen molar-refractivity contribution in [2.45, 2.75) is 25.9 Å². The van der Waals surface area contributed by atoms with E-state index in [1.807, 2.05) is 34.5 Å². The Balaban J connectivity index is 1.73. The number of benzene rings is 1. The molecular formula is C18H22ClN3O2S. The highest BCUT2D eigenvalue weighted by Gasteiger charge is 2.32. The van der Waals surface area contributed by atoms with Crippen LogP contribution in [0.3, 0.4) is 0 Å². The average molecular weight is 380 g/mol. The van der Waals surface area contributed by atoms with Gasteiger partial charge in [0.1, 0.15) is 10.7 Å². The molecule has 1 aliphatic heterocycles. The smallest absolute Gasteiger partial charge is 0.273 e. The van der Waals surface area contributed by atoms with Crippen LogP contribution < -0.4 is 0 Å². The van der Waals surface area contributed by atoms with Crippen LogP contribution >= 0.6 is 22.9 Å². The molecule has 25 heavy (non-hydrogen) atoms. The van der Waals surface area contributed by atoms with Gasteiger partial charge >= 0.3 is 0 Å². The van der Waals surface area contributed by atoms with Gasteiger partial charge in [-0.1, -0.05) is 23.7 Å². The van der Waals surface area contributed by atoms with E-state index in [9.17, 15) is 9.90 Å². The minimum atomic E-state index is -0.0289. The van der Waals surface area contributed by atoms with E-state index in [1.165, 1.54) is 11.3 Å². The van der Waals surface area contributed by atoms with Crippen molar-refractivity contribution in [3.8, 4) is 10.6 Å². The van der Waals surface area contributed by atoms with Gasteiger partial charge in [-0.3, -0.25) is 9.69 Å². The standard InChI is InChI=1S/C18H22ClN3O2S/c1-12-9-21(10-13(2)22(12)7-8-23)18(24)16-11-25-17(20-16)14-3-5-15(19)6-4-14/h3-6,11-13,23H,7-10H2,1-2H3/t12-,13+. The lowest BCUT2D eigenvalue weighted by Crippen LogP contribution is -2.58. The van der Waals surface area contributed by atoms with Crippen LogP contribution in [-0.2, 0) is 0 Å². The molecule has 1 amide bonds. The first-order valence-electron chi connectivity index (χ1n) is 8.37. The monoisotopic (exact) mass is 379 g/mol. The lowest BCUT2D eigenvalue weighted by atomic mass is 10.1. The average Bonchev–Trinajstić information content (AvgIpc) is 3.08. The number of thiazole rings is 1. The van der Waals surface area contributed by atoms with Crippen molar-refractivity contribution in [2.75, 3.05) is 26.2 Å². The molecule has 2 aromatic rings. The Kier molecular flexibility index (Phi) is 5.74. The van der Waals surface area contributed by atoms with Crippen molar-refractivity contribution in [3.63, 3.8) is 0 Å². The second-order valence-corrected chi connectivity index (χ2v) is 7.71. The number of aliphatic hydroxyl groups is 1. The van der Waals surface area contributed by atoms with E-state index < -0.39 is 0 Å². The predicted molar refractivity (Wildman–Crippen MR) is 101 cm³/mol. The van der Waals surface area contributed by atoms with Crippen molar-refractivity contribution in [3.05, 3.63) is 40.4 Å². The van der Waals surface area contributed by atoms with Crippen molar-refractivity contribution in [1.29, 1.82) is 0 Å². The summed E-state index contributed by atoms with van der Waals surface area (Å²) in [4.78, 5) is 21.5. The maximum absolute atomic E-state index is 12.8. The van der Waals surface area contributed by atoms with Gasteiger partial charge in [0.2, 0.25) is 0 Å². The van der Waals surface area contributed by atoms with Gasteiger partial charge in [0.15, 0.2) is 0 Å². The SMILES string of the molecule is C[C@@H]1CN(C(=O)c2csc(-c3ccc(Cl)cc3)n2)C[C@H](C)N1CCO. The van der Waals surface area contributed by atoms with Gasteiger partial charge in [-0.25, -0.2) is 4.98 Å². The third kappa shape index (κ3) is 4.03. The van der Waals surface area contributed by atoms with Crippen LogP contribution in [0.25, 0.3) is 10.6 Å². The third-order valence-corrected chi connectivity index (χ3v) is 5.70. The third-order valence-electron chi connectivity index (χ3n) is 4.56. The first kappa shape index (κ1) is 18.3. The van der Waals surface area contributed by atoms with Crippen molar-refractivity contribution in [2.24, 2.45) is 0 Å². The van der Waals surface area contributed by atoms with Gasteiger partial charge in [0.05, 0.1) is 6.61 Å². The maximum atomic E-state index is 12.8. The summed E-state index contributed by atoms with van der Waals surface area (Å²) >= 11 is 7.39. The highest BCUT2D eigenvalue weighted by molar-refractivity contribution is 7.13. The number of hydrogen-bond acceptors (Lipinski definition) is 5. The Hall–Kier alpha value is -1.47. The Bertz CT molecular complexity index is 722. The van der Waals surface area contributed by atoms with Crippen LogP contribution in [0.2, 0.25) is 5.02 Å². The molecule has 5 nitrogen and oxygen atoms in total. The zero-order valence-corrected chi connectivity index (χ0v) is 15.9. The molecule has 1 saturated heterocycles. The molecule has 0 spiro atoms. The van der Waals surface area contributed by atoms with Crippen LogP contribution in [0.5, 0.6) is 0 Å². The number of hydrogen-bond donors (Lipinski definition) is 1. The van der Waals surface area contributed by atoms with E-state index in [4.69, 9.17) is 11.6 Å². The van der Waals surface area contributed by atoms with Gasteiger partial charge in [0, 0.05) is 47.7 Å². The lowest BCUT2D eigenvalue weighted by Gasteiger charge is -2.44. The van der Waals surface area contributed by atoms with Crippen LogP contribution in [0.15, 0.2) is 29.6 Å². The quantitative estimate of drug-likeness (QED) is 0.887. The summed E-state index contributed by atoms with van der Waals surface area (Å²) in [5.41, 5.74) is 1.45. The van der Waals surface area contributed by atoms with E-state index in [2.05, 4.69) is 23.7 Å². The van der Waals surface area contributed by atoms with E-state index >= 15 is 0 Å². The second-order valence-electron chi connectivity index (χ2n) is 6.41. The van der Waals surface area contributed by atoms with E-state index in [0.717, 1.165) is 10.6 Å². The number of carbonyl (C=O) groups is 1. The number of aliphatic hydroxyl groups excluding tert-OH is 1. The fraction of sp³-hybridized carbons (Fsp3) is 0.444. The second kappa shape index (κ2) is 7.83. The Morgan fingerprint density at radius 1 is 1.28 bits per heavy atom. The minimum absolute atomic E-state index is 0.0289. The molecule has 1 aliphatic rings. The molecule has 0 saturated carbocycles. The number of nitrogens with zero attached hydrogens (tertiary/aromatic N) is 3. The van der Waals surface area contributed by atoms with Crippen molar-refractivity contribution in [1.82, 2.24) is 14.8 Å². The summed E-state index contributed by atoms with van der Waals surface area (Å²) in [6.07, 6.45) is 0. The first-order chi connectivity index (χ1) is 12.0. The predicted octanol–water partition coefficient (Wildman–Crippen LogP) is 2.99. The fourth-order valence-corrected chi connectivity index (χ4v) is 4.26. The van der Waals surface area contributed by atoms with Crippen LogP contribution in [0, 0.1) is 0 Å². The van der Waals surface area contributed by atoms with E-state index in [1.54, 1.807) is 0 Å². The van der Waals surface area contributed by atoms with Gasteiger partial charge in [-0.2, -0.15) is 0 Å². The van der Waals surface area contributed by atoms with Gasteiger partial charge in [0.25, 0.3) is 5.91 Å². The molecule has 0 aliphatic carbocycles. The molecule has 2 heterocycles. The summed E-state index contributed by atoms with van der Waals surface area (Å²) in [6.45, 7) is 6.26. The van der Waals surface area contributed by atoms with Crippen molar-refractivity contribution >= 4 is 28.8 Å². The Labute approximate surface area is 156 Å². The Morgan fingerprint density at radius 3 is 2.52 bits per heavy atom. The van der Waals surface area contributed by atoms with Crippen LogP contribution in [0.1, 0.15) is 24.3 Å². The van der Waals surface area contributed by atoms with Crippen molar-refractivity contribution < 1.29 is 9.90 Å². The van der Waals surface area contributed by atoms with Gasteiger partial charge in [-0.15, -0.1) is 11.3 Å². The first-order valence-corrected chi connectivity index (χ1v) is 9.62. The highest BCUT2D eigenvalue weighted by Crippen LogP contribution is 2.26. The number of rotatable bonds is 4. The van der Waals surface area contributed by atoms with E-state index in [0.29, 0.717) is 30.4 Å². The number of carbonyl (C=O) groups excluding carboxylic acids is 1. The molecule has 3 rings (SSSR count). The number of halogens is 1. The highest BCUT2D eigenvalue weighted by atomic mass is 35.5. The normalized spacial score (nSPS) is 21.5. The summed E-state index contributed by atoms with van der Waals surface area (Å²) in [7, 11) is 0. The topological polar surface area (TPSA) is 56.7 Å². The molecule has 1 fully saturated rings. The molecule has 1 N–H and O–H groups in total. The summed E-state index contributed by atoms with van der Waals surface area (Å²) in [5, 5.41) is 12.5. The zero-order valence-electron chi connectivity index (χ0n) is 14.4. The van der Waals surface area contributed by atoms with Crippen LogP contribution in [-0.4, -0.2) is 64.1 Å². The summed E-state index contributed by atoms with van der Waals surface area (Å²) < 4.78 is 0. The zero-order chi connectivity index (χ0) is 18.0. The summed E-state index contributed by atoms with van der Waals surface area (Å²) in [5.74, 6) is -0.0289. The number of amides is 1. The van der Waals surface area contributed by atoms with Crippen LogP contribution in [0.4, 0.5) is 0 Å². The molecule has 7 heteroatoms. The lowest BCUT2D eigenvalue weighted by molar-refractivity contribution is 0.0233.